The summed E-state index contributed by atoms with van der Waals surface area (Å²) in [7, 11) is 1.36. The van der Waals surface area contributed by atoms with E-state index in [-0.39, 0.29) is 5.56 Å². The second-order valence-electron chi connectivity index (χ2n) is 10.2. The number of hydrogen-bond acceptors (Lipinski definition) is 6. The van der Waals surface area contributed by atoms with Crippen LogP contribution in [-0.2, 0) is 16.1 Å². The van der Waals surface area contributed by atoms with E-state index in [4.69, 9.17) is 14.5 Å². The van der Waals surface area contributed by atoms with Crippen LogP contribution in [-0.4, -0.2) is 29.2 Å². The summed E-state index contributed by atoms with van der Waals surface area (Å²) in [5.74, 6) is 0.468. The Morgan fingerprint density at radius 3 is 2.56 bits per heavy atom. The van der Waals surface area contributed by atoms with E-state index in [2.05, 4.69) is 12.1 Å². The molecule has 3 aromatic carbocycles. The fraction of sp³-hybridized carbons (Fsp3) is 0.281. The predicted molar refractivity (Wildman–Crippen MR) is 155 cm³/mol. The average molecular weight is 539 g/mol. The van der Waals surface area contributed by atoms with Crippen molar-refractivity contribution < 1.29 is 14.3 Å². The molecule has 1 aliphatic rings. The number of fused-ring (bicyclic) bond motifs is 2. The molecule has 0 aliphatic heterocycles. The van der Waals surface area contributed by atoms with Gasteiger partial charge >= 0.3 is 5.97 Å². The van der Waals surface area contributed by atoms with E-state index < -0.39 is 5.97 Å². The molecule has 5 aromatic rings. The van der Waals surface area contributed by atoms with Crippen molar-refractivity contribution in [3.8, 4) is 5.69 Å². The second-order valence-corrected chi connectivity index (χ2v) is 11.2. The van der Waals surface area contributed by atoms with E-state index in [0.29, 0.717) is 35.1 Å². The van der Waals surface area contributed by atoms with Gasteiger partial charge in [-0.1, -0.05) is 48.5 Å². The summed E-state index contributed by atoms with van der Waals surface area (Å²) in [6, 6.07) is 23.3. The highest BCUT2D eigenvalue weighted by Gasteiger charge is 2.26. The molecule has 0 atom stereocenters. The van der Waals surface area contributed by atoms with Gasteiger partial charge in [-0.2, -0.15) is 0 Å². The molecule has 39 heavy (non-hydrogen) atoms. The Bertz CT molecular complexity index is 1680. The molecule has 7 heteroatoms. The molecule has 0 spiro atoms. The van der Waals surface area contributed by atoms with Gasteiger partial charge < -0.3 is 9.47 Å². The lowest BCUT2D eigenvalue weighted by Gasteiger charge is -2.27. The van der Waals surface area contributed by atoms with Crippen molar-refractivity contribution in [3.63, 3.8) is 0 Å². The van der Waals surface area contributed by atoms with Gasteiger partial charge in [0, 0.05) is 24.1 Å². The van der Waals surface area contributed by atoms with Crippen molar-refractivity contribution in [1.82, 2.24) is 9.55 Å². The quantitative estimate of drug-likeness (QED) is 0.211. The fourth-order valence-corrected chi connectivity index (χ4v) is 6.65. The van der Waals surface area contributed by atoms with E-state index >= 15 is 0 Å². The molecule has 1 saturated carbocycles. The maximum absolute atomic E-state index is 13.4. The highest BCUT2D eigenvalue weighted by molar-refractivity contribution is 7.18. The number of esters is 1. The van der Waals surface area contributed by atoms with Crippen LogP contribution in [0.2, 0.25) is 0 Å². The molecule has 0 amide bonds. The molecule has 0 bridgehead atoms. The lowest BCUT2D eigenvalue weighted by atomic mass is 9.83. The lowest BCUT2D eigenvalue weighted by Crippen LogP contribution is -2.20. The highest BCUT2D eigenvalue weighted by Crippen LogP contribution is 2.40. The van der Waals surface area contributed by atoms with Crippen molar-refractivity contribution in [2.45, 2.75) is 38.2 Å². The smallest absolute Gasteiger partial charge is 0.340 e. The number of ether oxygens (including phenoxy) is 2. The van der Waals surface area contributed by atoms with Gasteiger partial charge in [0.25, 0.3) is 5.56 Å². The third-order valence-electron chi connectivity index (χ3n) is 7.66. The third kappa shape index (κ3) is 5.24. The normalized spacial score (nSPS) is 17.5. The van der Waals surface area contributed by atoms with Gasteiger partial charge in [0.1, 0.15) is 0 Å². The molecule has 1 aliphatic carbocycles. The number of carbonyl (C=O) groups is 1. The van der Waals surface area contributed by atoms with E-state index in [1.807, 2.05) is 48.5 Å². The Labute approximate surface area is 230 Å². The number of carbonyl (C=O) groups excluding carboxylic acids is 1. The number of thiazole rings is 1. The van der Waals surface area contributed by atoms with Crippen LogP contribution in [0.25, 0.3) is 26.7 Å². The van der Waals surface area contributed by atoms with Gasteiger partial charge in [-0.05, 0) is 66.8 Å². The summed E-state index contributed by atoms with van der Waals surface area (Å²) in [5.41, 5.74) is 2.65. The van der Waals surface area contributed by atoms with E-state index in [1.165, 1.54) is 17.2 Å². The second kappa shape index (κ2) is 11.1. The largest absolute Gasteiger partial charge is 0.465 e. The minimum absolute atomic E-state index is 0.171. The summed E-state index contributed by atoms with van der Waals surface area (Å²) < 4.78 is 13.6. The molecule has 2 heterocycles. The summed E-state index contributed by atoms with van der Waals surface area (Å²) in [5, 5.41) is 2.55. The number of methoxy groups -OCH3 is 1. The Hall–Kier alpha value is -3.81. The Morgan fingerprint density at radius 1 is 1.00 bits per heavy atom. The van der Waals surface area contributed by atoms with Crippen LogP contribution >= 0.6 is 11.3 Å². The minimum Gasteiger partial charge on any atom is -0.465 e. The topological polar surface area (TPSA) is 70.4 Å². The number of pyridine rings is 1. The SMILES string of the molecule is COC(=O)c1cc2nc([C@H]3CC[C@H](COCc4ccccc4)CC3)sc2cc1-n1ccc2ccccc2c1=O. The van der Waals surface area contributed by atoms with Gasteiger partial charge in [0.2, 0.25) is 0 Å². The summed E-state index contributed by atoms with van der Waals surface area (Å²) in [6.07, 6.45) is 6.09. The predicted octanol–water partition coefficient (Wildman–Crippen LogP) is 6.88. The van der Waals surface area contributed by atoms with Crippen LogP contribution in [0, 0.1) is 5.92 Å². The number of aromatic nitrogens is 2. The van der Waals surface area contributed by atoms with Crippen molar-refractivity contribution in [1.29, 1.82) is 0 Å². The van der Waals surface area contributed by atoms with Gasteiger partial charge in [-0.3, -0.25) is 9.36 Å². The van der Waals surface area contributed by atoms with Gasteiger partial charge in [0.15, 0.2) is 0 Å². The summed E-state index contributed by atoms with van der Waals surface area (Å²) in [6.45, 7) is 1.44. The molecular weight excluding hydrogens is 508 g/mol. The lowest BCUT2D eigenvalue weighted by molar-refractivity contribution is 0.0601. The summed E-state index contributed by atoms with van der Waals surface area (Å²) in [4.78, 5) is 31.1. The molecule has 1 fully saturated rings. The van der Waals surface area contributed by atoms with Crippen molar-refractivity contribution in [2.24, 2.45) is 5.92 Å². The number of nitrogens with zero attached hydrogens (tertiary/aromatic N) is 2. The van der Waals surface area contributed by atoms with Crippen LogP contribution in [0.15, 0.2) is 83.8 Å². The van der Waals surface area contributed by atoms with Crippen molar-refractivity contribution in [3.05, 3.63) is 105 Å². The van der Waals surface area contributed by atoms with Crippen LogP contribution in [0.3, 0.4) is 0 Å². The first-order chi connectivity index (χ1) is 19.1. The zero-order valence-corrected chi connectivity index (χ0v) is 22.7. The number of rotatable bonds is 7. The zero-order chi connectivity index (χ0) is 26.8. The molecule has 6 nitrogen and oxygen atoms in total. The highest BCUT2D eigenvalue weighted by atomic mass is 32.1. The van der Waals surface area contributed by atoms with Gasteiger partial charge in [-0.15, -0.1) is 11.3 Å². The Morgan fingerprint density at radius 2 is 1.77 bits per heavy atom. The number of hydrogen-bond donors (Lipinski definition) is 0. The summed E-state index contributed by atoms with van der Waals surface area (Å²) >= 11 is 1.66. The molecule has 0 unspecified atom stereocenters. The van der Waals surface area contributed by atoms with Crippen molar-refractivity contribution >= 4 is 38.3 Å². The molecule has 2 aromatic heterocycles. The number of benzene rings is 3. The fourth-order valence-electron chi connectivity index (χ4n) is 5.50. The van der Waals surface area contributed by atoms with Crippen molar-refractivity contribution in [2.75, 3.05) is 13.7 Å². The monoisotopic (exact) mass is 538 g/mol. The first-order valence-corrected chi connectivity index (χ1v) is 14.2. The van der Waals surface area contributed by atoms with Crippen LogP contribution in [0.4, 0.5) is 0 Å². The molecular formula is C32H30N2O4S. The van der Waals surface area contributed by atoms with Crippen LogP contribution in [0.5, 0.6) is 0 Å². The Kier molecular flexibility index (Phi) is 7.26. The first-order valence-electron chi connectivity index (χ1n) is 13.4. The molecule has 0 radical (unpaired) electrons. The minimum atomic E-state index is -0.488. The zero-order valence-electron chi connectivity index (χ0n) is 21.8. The molecule has 0 saturated heterocycles. The van der Waals surface area contributed by atoms with E-state index in [0.717, 1.165) is 52.9 Å². The third-order valence-corrected chi connectivity index (χ3v) is 8.84. The van der Waals surface area contributed by atoms with Gasteiger partial charge in [0.05, 0.1) is 40.2 Å². The van der Waals surface area contributed by atoms with Crippen LogP contribution in [0.1, 0.15) is 52.5 Å². The maximum Gasteiger partial charge on any atom is 0.340 e. The standard InChI is InChI=1S/C32H30N2O4S/c1-37-32(36)26-17-27-29(18-28(26)34-16-15-23-9-5-6-10-25(23)31(34)35)39-30(33-27)24-13-11-22(12-14-24)20-38-19-21-7-3-2-4-8-21/h2-10,15-18,22,24H,11-14,19-20H2,1H3/t22-,24-. The average Bonchev–Trinajstić information content (AvgIpc) is 3.40. The Balaban J connectivity index is 1.23. The van der Waals surface area contributed by atoms with Crippen LogP contribution < -0.4 is 5.56 Å². The van der Waals surface area contributed by atoms with Gasteiger partial charge in [-0.25, -0.2) is 9.78 Å². The molecule has 0 N–H and O–H groups in total. The molecule has 6 rings (SSSR count). The molecule has 198 valence electrons. The first kappa shape index (κ1) is 25.5. The van der Waals surface area contributed by atoms with E-state index in [1.54, 1.807) is 29.7 Å². The van der Waals surface area contributed by atoms with E-state index in [9.17, 15) is 9.59 Å². The maximum atomic E-state index is 13.4.